The number of nitrogens with two attached hydrogens (primary N) is 3. The van der Waals surface area contributed by atoms with Gasteiger partial charge < -0.3 is 22.3 Å². The summed E-state index contributed by atoms with van der Waals surface area (Å²) in [7, 11) is 0. The lowest BCUT2D eigenvalue weighted by Crippen LogP contribution is -2.26. The van der Waals surface area contributed by atoms with Crippen LogP contribution in [0.1, 0.15) is 10.4 Å². The van der Waals surface area contributed by atoms with Gasteiger partial charge in [0.2, 0.25) is 5.96 Å². The van der Waals surface area contributed by atoms with Gasteiger partial charge in [-0.25, -0.2) is 9.79 Å². The Labute approximate surface area is 126 Å². The van der Waals surface area contributed by atoms with E-state index in [1.165, 1.54) is 0 Å². The minimum Gasteiger partial charge on any atom is -0.478 e. The standard InChI is InChI=1S/C15H15N5O2/c16-14(17)20-15(18)19-10-5-3-4-9(8-10)11-6-1-2-7-12(11)13(21)22/h1-8H,(H,21,22)(H6,16,17,18,19,20). The second kappa shape index (κ2) is 6.40. The highest BCUT2D eigenvalue weighted by atomic mass is 16.4. The molecule has 7 N–H and O–H groups in total. The molecule has 0 unspecified atom stereocenters. The summed E-state index contributed by atoms with van der Waals surface area (Å²) in [5.41, 5.74) is 18.0. The van der Waals surface area contributed by atoms with Crippen LogP contribution in [0.25, 0.3) is 11.1 Å². The predicted octanol–water partition coefficient (Wildman–Crippen LogP) is 1.27. The van der Waals surface area contributed by atoms with Gasteiger partial charge in [-0.3, -0.25) is 0 Å². The van der Waals surface area contributed by atoms with E-state index in [2.05, 4.69) is 9.98 Å². The van der Waals surface area contributed by atoms with Crippen LogP contribution in [0.3, 0.4) is 0 Å². The Balaban J connectivity index is 2.46. The van der Waals surface area contributed by atoms with Crippen molar-refractivity contribution >= 4 is 23.6 Å². The molecule has 0 radical (unpaired) electrons. The van der Waals surface area contributed by atoms with Gasteiger partial charge in [0.25, 0.3) is 0 Å². The van der Waals surface area contributed by atoms with Crippen molar-refractivity contribution in [1.29, 1.82) is 0 Å². The molecule has 0 heterocycles. The summed E-state index contributed by atoms with van der Waals surface area (Å²) in [6.45, 7) is 0. The van der Waals surface area contributed by atoms with Gasteiger partial charge in [0.05, 0.1) is 11.3 Å². The highest BCUT2D eigenvalue weighted by Gasteiger charge is 2.10. The average molecular weight is 297 g/mol. The van der Waals surface area contributed by atoms with Crippen molar-refractivity contribution in [3.8, 4) is 11.1 Å². The summed E-state index contributed by atoms with van der Waals surface area (Å²) in [5.74, 6) is -1.26. The number of rotatable bonds is 3. The van der Waals surface area contributed by atoms with Crippen molar-refractivity contribution in [2.24, 2.45) is 27.2 Å². The van der Waals surface area contributed by atoms with E-state index >= 15 is 0 Å². The van der Waals surface area contributed by atoms with Gasteiger partial charge in [-0.05, 0) is 29.3 Å². The van der Waals surface area contributed by atoms with Crippen LogP contribution in [0, 0.1) is 0 Å². The third-order valence-corrected chi connectivity index (χ3v) is 2.80. The number of aromatic carboxylic acids is 1. The first-order valence-electron chi connectivity index (χ1n) is 6.34. The Morgan fingerprint density at radius 1 is 1.00 bits per heavy atom. The molecule has 0 aliphatic carbocycles. The van der Waals surface area contributed by atoms with Gasteiger partial charge in [0, 0.05) is 0 Å². The molecule has 0 fully saturated rings. The number of nitrogens with zero attached hydrogens (tertiary/aromatic N) is 2. The van der Waals surface area contributed by atoms with E-state index in [4.69, 9.17) is 17.2 Å². The number of carbonyl (C=O) groups is 1. The monoisotopic (exact) mass is 297 g/mol. The Hall–Kier alpha value is -3.35. The molecule has 0 aliphatic heterocycles. The Kier molecular flexibility index (Phi) is 4.38. The predicted molar refractivity (Wildman–Crippen MR) is 85.9 cm³/mol. The van der Waals surface area contributed by atoms with Crippen molar-refractivity contribution in [3.63, 3.8) is 0 Å². The maximum Gasteiger partial charge on any atom is 0.336 e. The largest absolute Gasteiger partial charge is 0.478 e. The van der Waals surface area contributed by atoms with Gasteiger partial charge in [-0.2, -0.15) is 4.99 Å². The van der Waals surface area contributed by atoms with Gasteiger partial charge in [-0.15, -0.1) is 0 Å². The van der Waals surface area contributed by atoms with Gasteiger partial charge in [-0.1, -0.05) is 30.3 Å². The SMILES string of the molecule is NC(N)=NC(N)=Nc1cccc(-c2ccccc2C(=O)O)c1. The molecule has 0 aromatic heterocycles. The minimum absolute atomic E-state index is 0.0799. The number of hydrogen-bond acceptors (Lipinski definition) is 2. The fraction of sp³-hybridized carbons (Fsp3) is 0. The summed E-state index contributed by atoms with van der Waals surface area (Å²) in [6.07, 6.45) is 0. The zero-order chi connectivity index (χ0) is 16.1. The topological polar surface area (TPSA) is 140 Å². The molecule has 7 heteroatoms. The lowest BCUT2D eigenvalue weighted by molar-refractivity contribution is 0.0697. The third kappa shape index (κ3) is 3.60. The molecule has 0 aliphatic rings. The second-order valence-corrected chi connectivity index (χ2v) is 4.41. The quantitative estimate of drug-likeness (QED) is 0.499. The molecule has 112 valence electrons. The maximum atomic E-state index is 11.3. The van der Waals surface area contributed by atoms with E-state index in [1.54, 1.807) is 48.5 Å². The van der Waals surface area contributed by atoms with E-state index in [0.29, 0.717) is 16.8 Å². The smallest absolute Gasteiger partial charge is 0.336 e. The van der Waals surface area contributed by atoms with Crippen molar-refractivity contribution in [2.45, 2.75) is 0 Å². The maximum absolute atomic E-state index is 11.3. The number of carboxylic acids is 1. The van der Waals surface area contributed by atoms with Crippen molar-refractivity contribution in [1.82, 2.24) is 0 Å². The van der Waals surface area contributed by atoms with Crippen LogP contribution >= 0.6 is 0 Å². The highest BCUT2D eigenvalue weighted by molar-refractivity contribution is 5.96. The van der Waals surface area contributed by atoms with Crippen LogP contribution in [-0.2, 0) is 0 Å². The van der Waals surface area contributed by atoms with Crippen molar-refractivity contribution in [2.75, 3.05) is 0 Å². The summed E-state index contributed by atoms with van der Waals surface area (Å²) in [5, 5.41) is 9.25. The molecule has 0 saturated carbocycles. The number of hydrogen-bond donors (Lipinski definition) is 4. The minimum atomic E-state index is -0.996. The molecule has 0 atom stereocenters. The van der Waals surface area contributed by atoms with E-state index < -0.39 is 5.97 Å². The normalized spacial score (nSPS) is 11.0. The Morgan fingerprint density at radius 3 is 2.41 bits per heavy atom. The molecule has 0 bridgehead atoms. The summed E-state index contributed by atoms with van der Waals surface area (Å²) in [4.78, 5) is 19.0. The second-order valence-electron chi connectivity index (χ2n) is 4.41. The Morgan fingerprint density at radius 2 is 1.73 bits per heavy atom. The first-order valence-corrected chi connectivity index (χ1v) is 6.34. The molecule has 0 spiro atoms. The molecular formula is C15H15N5O2. The first kappa shape index (κ1) is 15.0. The van der Waals surface area contributed by atoms with Crippen molar-refractivity contribution in [3.05, 3.63) is 54.1 Å². The van der Waals surface area contributed by atoms with E-state index in [9.17, 15) is 9.90 Å². The molecule has 0 saturated heterocycles. The lowest BCUT2D eigenvalue weighted by atomic mass is 9.99. The fourth-order valence-electron chi connectivity index (χ4n) is 1.95. The lowest BCUT2D eigenvalue weighted by Gasteiger charge is -2.07. The van der Waals surface area contributed by atoms with Crippen LogP contribution in [0.5, 0.6) is 0 Å². The zero-order valence-corrected chi connectivity index (χ0v) is 11.6. The van der Waals surface area contributed by atoms with Crippen molar-refractivity contribution < 1.29 is 9.90 Å². The van der Waals surface area contributed by atoms with Gasteiger partial charge >= 0.3 is 5.97 Å². The molecule has 7 nitrogen and oxygen atoms in total. The van der Waals surface area contributed by atoms with E-state index in [-0.39, 0.29) is 17.5 Å². The van der Waals surface area contributed by atoms with E-state index in [1.807, 2.05) is 0 Å². The molecule has 2 rings (SSSR count). The van der Waals surface area contributed by atoms with Crippen LogP contribution in [0.4, 0.5) is 5.69 Å². The van der Waals surface area contributed by atoms with Gasteiger partial charge in [0.15, 0.2) is 5.96 Å². The highest BCUT2D eigenvalue weighted by Crippen LogP contribution is 2.27. The summed E-state index contributed by atoms with van der Waals surface area (Å²) >= 11 is 0. The van der Waals surface area contributed by atoms with Crippen LogP contribution in [-0.4, -0.2) is 23.0 Å². The number of aliphatic imine (C=N–C) groups is 2. The zero-order valence-electron chi connectivity index (χ0n) is 11.6. The molecule has 2 aromatic carbocycles. The number of benzene rings is 2. The van der Waals surface area contributed by atoms with E-state index in [0.717, 1.165) is 0 Å². The third-order valence-electron chi connectivity index (χ3n) is 2.80. The molecule has 2 aromatic rings. The first-order chi connectivity index (χ1) is 10.5. The summed E-state index contributed by atoms with van der Waals surface area (Å²) < 4.78 is 0. The van der Waals surface area contributed by atoms with Crippen LogP contribution < -0.4 is 17.2 Å². The van der Waals surface area contributed by atoms with Gasteiger partial charge in [0.1, 0.15) is 0 Å². The molecular weight excluding hydrogens is 282 g/mol. The average Bonchev–Trinajstić information content (AvgIpc) is 2.46. The fourth-order valence-corrected chi connectivity index (χ4v) is 1.95. The van der Waals surface area contributed by atoms with Crippen LogP contribution in [0.2, 0.25) is 0 Å². The Bertz CT molecular complexity index is 764. The number of guanidine groups is 2. The van der Waals surface area contributed by atoms with Crippen LogP contribution in [0.15, 0.2) is 58.5 Å². The number of carboxylic acid groups (broad SMARTS) is 1. The molecule has 22 heavy (non-hydrogen) atoms. The molecule has 0 amide bonds. The summed E-state index contributed by atoms with van der Waals surface area (Å²) in [6, 6.07) is 13.7.